The summed E-state index contributed by atoms with van der Waals surface area (Å²) in [7, 11) is 0. The van der Waals surface area contributed by atoms with Crippen molar-refractivity contribution in [2.45, 2.75) is 25.8 Å². The molecule has 0 aliphatic heterocycles. The maximum atomic E-state index is 8.77. The van der Waals surface area contributed by atoms with Gasteiger partial charge in [0, 0.05) is 24.5 Å². The third-order valence-corrected chi connectivity index (χ3v) is 1.93. The second kappa shape index (κ2) is 3.05. The van der Waals surface area contributed by atoms with E-state index in [0.29, 0.717) is 0 Å². The molecule has 0 atom stereocenters. The van der Waals surface area contributed by atoms with Crippen LogP contribution < -0.4 is 0 Å². The number of hydrogen-bond donors (Lipinski definition) is 1. The third kappa shape index (κ3) is 1.80. The zero-order valence-electron chi connectivity index (χ0n) is 6.99. The van der Waals surface area contributed by atoms with Crippen molar-refractivity contribution in [2.24, 2.45) is 0 Å². The summed E-state index contributed by atoms with van der Waals surface area (Å²) in [4.78, 5) is 3.95. The molecule has 3 heteroatoms. The van der Waals surface area contributed by atoms with Crippen LogP contribution in [0, 0.1) is 0 Å². The Labute approximate surface area is 66.7 Å². The van der Waals surface area contributed by atoms with Crippen LogP contribution >= 0.6 is 0 Å². The molecule has 1 N–H and O–H groups in total. The lowest BCUT2D eigenvalue weighted by Gasteiger charge is -2.25. The van der Waals surface area contributed by atoms with E-state index in [0.717, 1.165) is 6.42 Å². The lowest BCUT2D eigenvalue weighted by atomic mass is 10.0. The molecular weight excluding hydrogens is 140 g/mol. The molecule has 0 amide bonds. The van der Waals surface area contributed by atoms with Crippen LogP contribution in [0.25, 0.3) is 0 Å². The maximum absolute atomic E-state index is 8.77. The predicted octanol–water partition coefficient (Wildman–Crippen LogP) is 1.00. The van der Waals surface area contributed by atoms with Crippen molar-refractivity contribution in [2.75, 3.05) is 6.61 Å². The standard InChI is InChI=1S/C8H14N2O/c1-8(2,3-6-11)10-5-4-9-7-10/h4-5,7,11H,3,6H2,1-2H3. The first-order chi connectivity index (χ1) is 5.17. The van der Waals surface area contributed by atoms with E-state index in [1.165, 1.54) is 0 Å². The Bertz CT molecular complexity index is 204. The molecule has 1 aromatic heterocycles. The smallest absolute Gasteiger partial charge is 0.0950 e. The average Bonchev–Trinajstić information content (AvgIpc) is 2.37. The summed E-state index contributed by atoms with van der Waals surface area (Å²) in [6.45, 7) is 4.36. The first-order valence-corrected chi connectivity index (χ1v) is 3.76. The molecule has 3 nitrogen and oxygen atoms in total. The number of aromatic nitrogens is 2. The van der Waals surface area contributed by atoms with Gasteiger partial charge >= 0.3 is 0 Å². The van der Waals surface area contributed by atoms with E-state index >= 15 is 0 Å². The number of nitrogens with zero attached hydrogens (tertiary/aromatic N) is 2. The Balaban J connectivity index is 2.73. The van der Waals surface area contributed by atoms with Gasteiger partial charge < -0.3 is 9.67 Å². The molecule has 0 aliphatic carbocycles. The van der Waals surface area contributed by atoms with Gasteiger partial charge in [-0.3, -0.25) is 0 Å². The Morgan fingerprint density at radius 1 is 1.55 bits per heavy atom. The molecule has 1 rings (SSSR count). The average molecular weight is 154 g/mol. The minimum atomic E-state index is -0.0226. The highest BCUT2D eigenvalue weighted by molar-refractivity contribution is 4.85. The van der Waals surface area contributed by atoms with E-state index in [4.69, 9.17) is 5.11 Å². The Morgan fingerprint density at radius 2 is 2.27 bits per heavy atom. The van der Waals surface area contributed by atoms with Crippen LogP contribution in [-0.2, 0) is 5.54 Å². The van der Waals surface area contributed by atoms with Gasteiger partial charge in [0.25, 0.3) is 0 Å². The first-order valence-electron chi connectivity index (χ1n) is 3.76. The summed E-state index contributed by atoms with van der Waals surface area (Å²) in [5.74, 6) is 0. The van der Waals surface area contributed by atoms with Gasteiger partial charge in [-0.1, -0.05) is 0 Å². The molecule has 1 heterocycles. The van der Waals surface area contributed by atoms with Crippen LogP contribution in [0.3, 0.4) is 0 Å². The number of rotatable bonds is 3. The largest absolute Gasteiger partial charge is 0.396 e. The van der Waals surface area contributed by atoms with E-state index in [9.17, 15) is 0 Å². The summed E-state index contributed by atoms with van der Waals surface area (Å²) in [6.07, 6.45) is 6.19. The Hall–Kier alpha value is -0.830. The molecule has 0 aromatic carbocycles. The van der Waals surface area contributed by atoms with Gasteiger partial charge in [0.2, 0.25) is 0 Å². The summed E-state index contributed by atoms with van der Waals surface area (Å²) < 4.78 is 2.00. The van der Waals surface area contributed by atoms with Crippen molar-refractivity contribution in [3.8, 4) is 0 Å². The van der Waals surface area contributed by atoms with E-state index in [-0.39, 0.29) is 12.1 Å². The van der Waals surface area contributed by atoms with Crippen molar-refractivity contribution >= 4 is 0 Å². The van der Waals surface area contributed by atoms with Crippen LogP contribution in [0.2, 0.25) is 0 Å². The number of aliphatic hydroxyl groups is 1. The molecule has 0 saturated heterocycles. The minimum Gasteiger partial charge on any atom is -0.396 e. The molecule has 0 saturated carbocycles. The van der Waals surface area contributed by atoms with Crippen LogP contribution in [0.15, 0.2) is 18.7 Å². The summed E-state index contributed by atoms with van der Waals surface area (Å²) >= 11 is 0. The molecule has 0 unspecified atom stereocenters. The van der Waals surface area contributed by atoms with Crippen molar-refractivity contribution < 1.29 is 5.11 Å². The highest BCUT2D eigenvalue weighted by Gasteiger charge is 2.17. The second-order valence-electron chi connectivity index (χ2n) is 3.26. The monoisotopic (exact) mass is 154 g/mol. The number of aliphatic hydroxyl groups excluding tert-OH is 1. The SMILES string of the molecule is CC(C)(CCO)n1ccnc1. The van der Waals surface area contributed by atoms with E-state index in [1.54, 1.807) is 12.5 Å². The lowest BCUT2D eigenvalue weighted by molar-refractivity contribution is 0.213. The molecule has 0 aliphatic rings. The molecule has 62 valence electrons. The molecule has 0 radical (unpaired) electrons. The van der Waals surface area contributed by atoms with E-state index in [2.05, 4.69) is 18.8 Å². The van der Waals surface area contributed by atoms with Gasteiger partial charge in [-0.15, -0.1) is 0 Å². The highest BCUT2D eigenvalue weighted by atomic mass is 16.3. The van der Waals surface area contributed by atoms with Gasteiger partial charge in [0.05, 0.1) is 6.33 Å². The van der Waals surface area contributed by atoms with Gasteiger partial charge in [-0.2, -0.15) is 0 Å². The molecule has 0 bridgehead atoms. The van der Waals surface area contributed by atoms with Gasteiger partial charge in [-0.05, 0) is 20.3 Å². The molecule has 0 fully saturated rings. The van der Waals surface area contributed by atoms with E-state index < -0.39 is 0 Å². The van der Waals surface area contributed by atoms with Crippen molar-refractivity contribution in [3.05, 3.63) is 18.7 Å². The minimum absolute atomic E-state index is 0.0226. The van der Waals surface area contributed by atoms with Gasteiger partial charge in [0.15, 0.2) is 0 Å². The molecule has 1 aromatic rings. The van der Waals surface area contributed by atoms with Crippen LogP contribution in [-0.4, -0.2) is 21.3 Å². The zero-order valence-corrected chi connectivity index (χ0v) is 6.99. The van der Waals surface area contributed by atoms with Crippen molar-refractivity contribution in [3.63, 3.8) is 0 Å². The fourth-order valence-corrected chi connectivity index (χ4v) is 1.02. The molecule has 0 spiro atoms. The molecule has 11 heavy (non-hydrogen) atoms. The highest BCUT2D eigenvalue weighted by Crippen LogP contribution is 2.17. The normalized spacial score (nSPS) is 11.9. The van der Waals surface area contributed by atoms with Crippen molar-refractivity contribution in [1.82, 2.24) is 9.55 Å². The zero-order chi connectivity index (χ0) is 8.32. The Kier molecular flexibility index (Phi) is 2.29. The lowest BCUT2D eigenvalue weighted by Crippen LogP contribution is -2.25. The van der Waals surface area contributed by atoms with Crippen LogP contribution in [0.1, 0.15) is 20.3 Å². The number of hydrogen-bond acceptors (Lipinski definition) is 2. The molecular formula is C8H14N2O. The Morgan fingerprint density at radius 3 is 2.73 bits per heavy atom. The predicted molar refractivity (Wildman–Crippen MR) is 43.3 cm³/mol. The first kappa shape index (κ1) is 8.27. The fraction of sp³-hybridized carbons (Fsp3) is 0.625. The summed E-state index contributed by atoms with van der Waals surface area (Å²) in [6, 6.07) is 0. The van der Waals surface area contributed by atoms with Crippen molar-refractivity contribution in [1.29, 1.82) is 0 Å². The summed E-state index contributed by atoms with van der Waals surface area (Å²) in [5.41, 5.74) is -0.0226. The van der Waals surface area contributed by atoms with Gasteiger partial charge in [-0.25, -0.2) is 4.98 Å². The topological polar surface area (TPSA) is 38.0 Å². The maximum Gasteiger partial charge on any atom is 0.0950 e. The quantitative estimate of drug-likeness (QED) is 0.705. The number of imidazole rings is 1. The third-order valence-electron chi connectivity index (χ3n) is 1.93. The van der Waals surface area contributed by atoms with Gasteiger partial charge in [0.1, 0.15) is 0 Å². The summed E-state index contributed by atoms with van der Waals surface area (Å²) in [5, 5.41) is 8.77. The fourth-order valence-electron chi connectivity index (χ4n) is 1.02. The second-order valence-corrected chi connectivity index (χ2v) is 3.26. The van der Waals surface area contributed by atoms with Crippen LogP contribution in [0.5, 0.6) is 0 Å². The van der Waals surface area contributed by atoms with E-state index in [1.807, 2.05) is 10.8 Å². The van der Waals surface area contributed by atoms with Crippen LogP contribution in [0.4, 0.5) is 0 Å².